The molecule has 1 aromatic rings. The molecule has 0 aromatic carbocycles. The SMILES string of the molecule is CCCCC1=C(/C(CNC(=O)Nc2sc3c(c2C(=O)OCC)C(C)CCC3)=C(\C)Br)CCNC1. The lowest BCUT2D eigenvalue weighted by molar-refractivity contribution is 0.0526. The zero-order chi connectivity index (χ0) is 24.7. The van der Waals surface area contributed by atoms with Gasteiger partial charge in [-0.05, 0) is 86.0 Å². The van der Waals surface area contributed by atoms with E-state index in [0.29, 0.717) is 23.7 Å². The molecule has 0 spiro atoms. The van der Waals surface area contributed by atoms with Crippen molar-refractivity contribution in [3.8, 4) is 0 Å². The van der Waals surface area contributed by atoms with Crippen LogP contribution in [0, 0.1) is 0 Å². The van der Waals surface area contributed by atoms with Gasteiger partial charge >= 0.3 is 12.0 Å². The van der Waals surface area contributed by atoms with Gasteiger partial charge in [0.2, 0.25) is 0 Å². The summed E-state index contributed by atoms with van der Waals surface area (Å²) in [6, 6.07) is -0.298. The predicted octanol–water partition coefficient (Wildman–Crippen LogP) is 6.64. The lowest BCUT2D eigenvalue weighted by Crippen LogP contribution is -2.33. The van der Waals surface area contributed by atoms with Crippen molar-refractivity contribution < 1.29 is 14.3 Å². The third-order valence-corrected chi connectivity index (χ3v) is 8.28. The van der Waals surface area contributed by atoms with Gasteiger partial charge in [-0.3, -0.25) is 5.32 Å². The van der Waals surface area contributed by atoms with E-state index < -0.39 is 0 Å². The van der Waals surface area contributed by atoms with Crippen molar-refractivity contribution in [3.05, 3.63) is 37.2 Å². The molecular formula is C26H38BrN3O3S. The monoisotopic (exact) mass is 551 g/mol. The van der Waals surface area contributed by atoms with Crippen molar-refractivity contribution in [1.82, 2.24) is 10.6 Å². The van der Waals surface area contributed by atoms with Crippen LogP contribution in [0.15, 0.2) is 21.2 Å². The summed E-state index contributed by atoms with van der Waals surface area (Å²) in [5.74, 6) is -0.0571. The Balaban J connectivity index is 1.77. The Bertz CT molecular complexity index is 963. The minimum absolute atomic E-state index is 0.289. The molecule has 1 aromatic heterocycles. The average Bonchev–Trinajstić information content (AvgIpc) is 3.17. The number of fused-ring (bicyclic) bond motifs is 1. The first-order valence-corrected chi connectivity index (χ1v) is 14.1. The van der Waals surface area contributed by atoms with Gasteiger partial charge in [0.15, 0.2) is 0 Å². The Morgan fingerprint density at radius 1 is 1.26 bits per heavy atom. The van der Waals surface area contributed by atoms with Gasteiger partial charge in [0.1, 0.15) is 5.00 Å². The molecule has 0 bridgehead atoms. The molecule has 0 saturated carbocycles. The van der Waals surface area contributed by atoms with Gasteiger partial charge in [-0.25, -0.2) is 9.59 Å². The molecule has 0 saturated heterocycles. The van der Waals surface area contributed by atoms with Crippen molar-refractivity contribution in [1.29, 1.82) is 0 Å². The van der Waals surface area contributed by atoms with E-state index in [1.165, 1.54) is 33.8 Å². The molecule has 6 nitrogen and oxygen atoms in total. The maximum atomic E-state index is 13.0. The standard InChI is InChI=1S/C26H38BrN3O3S/c1-5-7-10-18-14-28-13-12-19(18)20(17(4)27)15-29-26(32)30-24-23(25(31)33-6-2)22-16(3)9-8-11-21(22)34-24/h16,28H,5-15H2,1-4H3,(H2,29,30,32)/b20-17+. The molecule has 2 heterocycles. The molecule has 3 N–H and O–H groups in total. The minimum atomic E-state index is -0.346. The smallest absolute Gasteiger partial charge is 0.341 e. The number of hydrogen-bond acceptors (Lipinski definition) is 5. The van der Waals surface area contributed by atoms with E-state index in [9.17, 15) is 9.59 Å². The molecule has 1 aliphatic heterocycles. The van der Waals surface area contributed by atoms with Gasteiger partial charge in [0.05, 0.1) is 12.2 Å². The number of unbranched alkanes of at least 4 members (excludes halogenated alkanes) is 1. The van der Waals surface area contributed by atoms with E-state index in [1.54, 1.807) is 6.92 Å². The van der Waals surface area contributed by atoms with Crippen molar-refractivity contribution in [2.24, 2.45) is 0 Å². The third kappa shape index (κ3) is 6.52. The number of aryl methyl sites for hydroxylation is 1. The van der Waals surface area contributed by atoms with Crippen LogP contribution in [-0.4, -0.2) is 38.2 Å². The third-order valence-electron chi connectivity index (χ3n) is 6.62. The number of halogens is 1. The second-order valence-electron chi connectivity index (χ2n) is 9.09. The summed E-state index contributed by atoms with van der Waals surface area (Å²) in [4.78, 5) is 27.0. The molecule has 0 radical (unpaired) electrons. The summed E-state index contributed by atoms with van der Waals surface area (Å²) < 4.78 is 6.39. The molecule has 34 heavy (non-hydrogen) atoms. The molecule has 1 atom stereocenters. The van der Waals surface area contributed by atoms with Gasteiger partial charge in [-0.2, -0.15) is 0 Å². The zero-order valence-corrected chi connectivity index (χ0v) is 23.3. The number of carbonyl (C=O) groups excluding carboxylic acids is 2. The number of hydrogen-bond donors (Lipinski definition) is 3. The van der Waals surface area contributed by atoms with Crippen LogP contribution in [0.3, 0.4) is 0 Å². The topological polar surface area (TPSA) is 79.5 Å². The Morgan fingerprint density at radius 3 is 2.76 bits per heavy atom. The molecule has 2 amide bonds. The lowest BCUT2D eigenvalue weighted by Gasteiger charge is -2.25. The number of carbonyl (C=O) groups is 2. The Hall–Kier alpha value is -1.64. The van der Waals surface area contributed by atoms with Crippen LogP contribution in [0.25, 0.3) is 0 Å². The van der Waals surface area contributed by atoms with Crippen LogP contribution >= 0.6 is 27.3 Å². The Kier molecular flexibility index (Phi) is 10.2. The van der Waals surface area contributed by atoms with Crippen LogP contribution in [0.1, 0.15) is 92.9 Å². The Labute approximate surface area is 216 Å². The summed E-state index contributed by atoms with van der Waals surface area (Å²) in [5, 5.41) is 10.1. The number of allylic oxidation sites excluding steroid dienone is 1. The van der Waals surface area contributed by atoms with E-state index in [0.717, 1.165) is 67.2 Å². The molecule has 2 aliphatic rings. The van der Waals surface area contributed by atoms with Gasteiger partial charge in [-0.15, -0.1) is 11.3 Å². The second kappa shape index (κ2) is 12.9. The fourth-order valence-electron chi connectivity index (χ4n) is 4.89. The zero-order valence-electron chi connectivity index (χ0n) is 20.9. The second-order valence-corrected chi connectivity index (χ2v) is 11.4. The fraction of sp³-hybridized carbons (Fsp3) is 0.615. The van der Waals surface area contributed by atoms with Crippen LogP contribution in [0.4, 0.5) is 9.80 Å². The number of thiophene rings is 1. The summed E-state index contributed by atoms with van der Waals surface area (Å²) in [6.45, 7) is 10.8. The van der Waals surface area contributed by atoms with E-state index in [-0.39, 0.29) is 17.9 Å². The normalized spacial score (nSPS) is 18.8. The average molecular weight is 553 g/mol. The number of urea groups is 1. The van der Waals surface area contributed by atoms with Crippen molar-refractivity contribution in [3.63, 3.8) is 0 Å². The van der Waals surface area contributed by atoms with Crippen molar-refractivity contribution >= 4 is 44.3 Å². The molecule has 8 heteroatoms. The van der Waals surface area contributed by atoms with Crippen molar-refractivity contribution in [2.45, 2.75) is 78.6 Å². The highest BCUT2D eigenvalue weighted by Crippen LogP contribution is 2.43. The quantitative estimate of drug-likeness (QED) is 0.300. The van der Waals surface area contributed by atoms with Crippen LogP contribution < -0.4 is 16.0 Å². The Morgan fingerprint density at radius 2 is 2.06 bits per heavy atom. The number of ether oxygens (including phenoxy) is 1. The van der Waals surface area contributed by atoms with Crippen molar-refractivity contribution in [2.75, 3.05) is 31.6 Å². The maximum Gasteiger partial charge on any atom is 0.341 e. The first-order valence-electron chi connectivity index (χ1n) is 12.5. The highest BCUT2D eigenvalue weighted by atomic mass is 79.9. The number of amides is 2. The van der Waals surface area contributed by atoms with Crippen LogP contribution in [0.5, 0.6) is 0 Å². The summed E-state index contributed by atoms with van der Waals surface area (Å²) >= 11 is 5.19. The minimum Gasteiger partial charge on any atom is -0.462 e. The molecule has 0 fully saturated rings. The van der Waals surface area contributed by atoms with Crippen LogP contribution in [-0.2, 0) is 11.2 Å². The maximum absolute atomic E-state index is 13.0. The van der Waals surface area contributed by atoms with Gasteiger partial charge in [0, 0.05) is 18.0 Å². The molecular weight excluding hydrogens is 514 g/mol. The number of anilines is 1. The largest absolute Gasteiger partial charge is 0.462 e. The highest BCUT2D eigenvalue weighted by molar-refractivity contribution is 9.11. The van der Waals surface area contributed by atoms with Gasteiger partial charge in [-0.1, -0.05) is 41.8 Å². The molecule has 1 unspecified atom stereocenters. The molecule has 188 valence electrons. The summed E-state index contributed by atoms with van der Waals surface area (Å²) in [6.07, 6.45) is 7.46. The number of nitrogens with one attached hydrogen (secondary N) is 3. The molecule has 1 aliphatic carbocycles. The van der Waals surface area contributed by atoms with E-state index in [1.807, 2.05) is 6.92 Å². The molecule has 3 rings (SSSR count). The number of rotatable bonds is 9. The fourth-order valence-corrected chi connectivity index (χ4v) is 6.61. The first kappa shape index (κ1) is 27.0. The summed E-state index contributed by atoms with van der Waals surface area (Å²) in [7, 11) is 0. The lowest BCUT2D eigenvalue weighted by atomic mass is 9.86. The highest BCUT2D eigenvalue weighted by Gasteiger charge is 2.31. The van der Waals surface area contributed by atoms with E-state index in [2.05, 4.69) is 45.7 Å². The van der Waals surface area contributed by atoms with Gasteiger partial charge in [0.25, 0.3) is 0 Å². The first-order chi connectivity index (χ1) is 16.4. The van der Waals surface area contributed by atoms with Gasteiger partial charge < -0.3 is 15.4 Å². The van der Waals surface area contributed by atoms with Crippen LogP contribution in [0.2, 0.25) is 0 Å². The summed E-state index contributed by atoms with van der Waals surface area (Å²) in [5.41, 5.74) is 5.54. The van der Waals surface area contributed by atoms with E-state index in [4.69, 9.17) is 4.74 Å². The van der Waals surface area contributed by atoms with E-state index >= 15 is 0 Å². The predicted molar refractivity (Wildman–Crippen MR) is 144 cm³/mol. The number of esters is 1.